The molecule has 4 heteroatoms. The van der Waals surface area contributed by atoms with Crippen molar-refractivity contribution in [1.29, 1.82) is 0 Å². The van der Waals surface area contributed by atoms with E-state index in [9.17, 15) is 0 Å². The molecule has 2 rings (SSSR count). The molecule has 0 radical (unpaired) electrons. The Balaban J connectivity index is 2.00. The third-order valence-electron chi connectivity index (χ3n) is 2.75. The third kappa shape index (κ3) is 2.05. The van der Waals surface area contributed by atoms with Crippen molar-refractivity contribution in [2.45, 2.75) is 44.9 Å². The van der Waals surface area contributed by atoms with Crippen LogP contribution in [0, 0.1) is 0 Å². The summed E-state index contributed by atoms with van der Waals surface area (Å²) in [6.45, 7) is 2.57. The molecule has 0 aromatic carbocycles. The Morgan fingerprint density at radius 2 is 2.14 bits per heavy atom. The number of hydrogen-bond acceptors (Lipinski definition) is 3. The zero-order chi connectivity index (χ0) is 9.80. The van der Waals surface area contributed by atoms with Gasteiger partial charge in [-0.25, -0.2) is 0 Å². The maximum atomic E-state index is 5.22. The van der Waals surface area contributed by atoms with Crippen LogP contribution in [0.5, 0.6) is 6.01 Å². The van der Waals surface area contributed by atoms with Crippen LogP contribution in [0.2, 0.25) is 0 Å². The number of nitrogens with zero attached hydrogens (tertiary/aromatic N) is 2. The lowest BCUT2D eigenvalue weighted by Crippen LogP contribution is -2.06. The molecule has 1 aromatic heterocycles. The van der Waals surface area contributed by atoms with Crippen molar-refractivity contribution in [3.05, 3.63) is 5.82 Å². The van der Waals surface area contributed by atoms with Gasteiger partial charge < -0.3 is 4.74 Å². The molecule has 1 heterocycles. The first-order valence-corrected chi connectivity index (χ1v) is 5.45. The van der Waals surface area contributed by atoms with Gasteiger partial charge >= 0.3 is 6.01 Å². The Kier molecular flexibility index (Phi) is 3.01. The topological polar surface area (TPSA) is 50.8 Å². The largest absolute Gasteiger partial charge is 0.463 e. The molecular formula is C10H17N3O. The summed E-state index contributed by atoms with van der Waals surface area (Å²) in [6.07, 6.45) is 6.47. The van der Waals surface area contributed by atoms with E-state index >= 15 is 0 Å². The van der Waals surface area contributed by atoms with Crippen LogP contribution in [0.15, 0.2) is 0 Å². The molecule has 1 aliphatic rings. The van der Waals surface area contributed by atoms with E-state index < -0.39 is 0 Å². The molecule has 0 aliphatic heterocycles. The SMILES string of the molecule is CCOc1n[nH]c(C2CCCCC2)n1. The monoisotopic (exact) mass is 195 g/mol. The van der Waals surface area contributed by atoms with Crippen LogP contribution < -0.4 is 4.74 Å². The second-order valence-electron chi connectivity index (χ2n) is 3.77. The van der Waals surface area contributed by atoms with Gasteiger partial charge in [-0.05, 0) is 19.8 Å². The molecular weight excluding hydrogens is 178 g/mol. The summed E-state index contributed by atoms with van der Waals surface area (Å²) in [7, 11) is 0. The smallest absolute Gasteiger partial charge is 0.335 e. The maximum absolute atomic E-state index is 5.22. The molecule has 1 fully saturated rings. The average molecular weight is 195 g/mol. The fraction of sp³-hybridized carbons (Fsp3) is 0.800. The van der Waals surface area contributed by atoms with Gasteiger partial charge in [-0.2, -0.15) is 4.98 Å². The lowest BCUT2D eigenvalue weighted by atomic mass is 9.89. The zero-order valence-electron chi connectivity index (χ0n) is 8.62. The van der Waals surface area contributed by atoms with Crippen LogP contribution in [-0.4, -0.2) is 21.8 Å². The van der Waals surface area contributed by atoms with Crippen LogP contribution >= 0.6 is 0 Å². The second-order valence-corrected chi connectivity index (χ2v) is 3.77. The number of rotatable bonds is 3. The summed E-state index contributed by atoms with van der Waals surface area (Å²) in [5.41, 5.74) is 0. The zero-order valence-corrected chi connectivity index (χ0v) is 8.62. The Morgan fingerprint density at radius 1 is 1.36 bits per heavy atom. The van der Waals surface area contributed by atoms with Crippen molar-refractivity contribution in [2.75, 3.05) is 6.61 Å². The molecule has 1 aliphatic carbocycles. The first-order chi connectivity index (χ1) is 6.90. The molecule has 0 spiro atoms. The molecule has 0 bridgehead atoms. The van der Waals surface area contributed by atoms with Crippen molar-refractivity contribution in [1.82, 2.24) is 15.2 Å². The van der Waals surface area contributed by atoms with Gasteiger partial charge in [-0.15, -0.1) is 5.10 Å². The number of aromatic nitrogens is 3. The van der Waals surface area contributed by atoms with Crippen molar-refractivity contribution in [3.8, 4) is 6.01 Å². The van der Waals surface area contributed by atoms with Crippen LogP contribution in [0.4, 0.5) is 0 Å². The standard InChI is InChI=1S/C10H17N3O/c1-2-14-10-11-9(12-13-10)8-6-4-3-5-7-8/h8H,2-7H2,1H3,(H,11,12,13). The number of hydrogen-bond donors (Lipinski definition) is 1. The van der Waals surface area contributed by atoms with Gasteiger partial charge in [0.25, 0.3) is 0 Å². The van der Waals surface area contributed by atoms with E-state index in [1.54, 1.807) is 0 Å². The number of ether oxygens (including phenoxy) is 1. The Hall–Kier alpha value is -1.06. The highest BCUT2D eigenvalue weighted by Gasteiger charge is 2.19. The van der Waals surface area contributed by atoms with Crippen LogP contribution in [0.1, 0.15) is 50.8 Å². The summed E-state index contributed by atoms with van der Waals surface area (Å²) in [4.78, 5) is 4.33. The van der Waals surface area contributed by atoms with E-state index in [1.807, 2.05) is 6.92 Å². The lowest BCUT2D eigenvalue weighted by Gasteiger charge is -2.18. The molecule has 14 heavy (non-hydrogen) atoms. The van der Waals surface area contributed by atoms with Crippen molar-refractivity contribution >= 4 is 0 Å². The molecule has 78 valence electrons. The van der Waals surface area contributed by atoms with E-state index in [0.29, 0.717) is 18.5 Å². The molecule has 0 atom stereocenters. The van der Waals surface area contributed by atoms with Crippen LogP contribution in [0.25, 0.3) is 0 Å². The van der Waals surface area contributed by atoms with E-state index in [4.69, 9.17) is 4.74 Å². The molecule has 0 unspecified atom stereocenters. The third-order valence-corrected chi connectivity index (χ3v) is 2.75. The minimum Gasteiger partial charge on any atom is -0.463 e. The van der Waals surface area contributed by atoms with Gasteiger partial charge in [-0.1, -0.05) is 19.3 Å². The quantitative estimate of drug-likeness (QED) is 0.804. The Bertz CT molecular complexity index is 279. The van der Waals surface area contributed by atoms with Crippen LogP contribution in [0.3, 0.4) is 0 Å². The first kappa shape index (κ1) is 9.49. The van der Waals surface area contributed by atoms with Gasteiger partial charge in [0, 0.05) is 5.92 Å². The van der Waals surface area contributed by atoms with Gasteiger partial charge in [0.2, 0.25) is 0 Å². The highest BCUT2D eigenvalue weighted by atomic mass is 16.5. The van der Waals surface area contributed by atoms with E-state index in [-0.39, 0.29) is 0 Å². The van der Waals surface area contributed by atoms with Crippen molar-refractivity contribution in [2.24, 2.45) is 0 Å². The van der Waals surface area contributed by atoms with Gasteiger partial charge in [0.1, 0.15) is 5.82 Å². The van der Waals surface area contributed by atoms with E-state index in [2.05, 4.69) is 15.2 Å². The average Bonchev–Trinajstić information content (AvgIpc) is 2.68. The second kappa shape index (κ2) is 4.44. The molecule has 4 nitrogen and oxygen atoms in total. The normalized spacial score (nSPS) is 18.4. The molecule has 1 N–H and O–H groups in total. The summed E-state index contributed by atoms with van der Waals surface area (Å²) >= 11 is 0. The van der Waals surface area contributed by atoms with Gasteiger partial charge in [0.15, 0.2) is 0 Å². The molecule has 1 aromatic rings. The minimum absolute atomic E-state index is 0.494. The summed E-state index contributed by atoms with van der Waals surface area (Å²) in [5.74, 6) is 1.58. The number of H-pyrrole nitrogens is 1. The fourth-order valence-corrected chi connectivity index (χ4v) is 2.01. The number of aromatic amines is 1. The predicted octanol–water partition coefficient (Wildman–Crippen LogP) is 2.25. The van der Waals surface area contributed by atoms with E-state index in [0.717, 1.165) is 5.82 Å². The van der Waals surface area contributed by atoms with Gasteiger partial charge in [-0.3, -0.25) is 5.10 Å². The fourth-order valence-electron chi connectivity index (χ4n) is 2.01. The molecule has 1 saturated carbocycles. The molecule has 0 saturated heterocycles. The Morgan fingerprint density at radius 3 is 2.86 bits per heavy atom. The maximum Gasteiger partial charge on any atom is 0.335 e. The predicted molar refractivity (Wildman–Crippen MR) is 53.4 cm³/mol. The van der Waals surface area contributed by atoms with Crippen molar-refractivity contribution < 1.29 is 4.74 Å². The highest BCUT2D eigenvalue weighted by Crippen LogP contribution is 2.30. The van der Waals surface area contributed by atoms with Crippen LogP contribution in [-0.2, 0) is 0 Å². The minimum atomic E-state index is 0.494. The number of nitrogens with one attached hydrogen (secondary N) is 1. The Labute approximate surface area is 84.1 Å². The van der Waals surface area contributed by atoms with E-state index in [1.165, 1.54) is 32.1 Å². The summed E-state index contributed by atoms with van der Waals surface area (Å²) in [6, 6.07) is 0.494. The summed E-state index contributed by atoms with van der Waals surface area (Å²) in [5, 5.41) is 7.00. The van der Waals surface area contributed by atoms with Crippen molar-refractivity contribution in [3.63, 3.8) is 0 Å². The molecule has 0 amide bonds. The first-order valence-electron chi connectivity index (χ1n) is 5.45. The summed E-state index contributed by atoms with van der Waals surface area (Å²) < 4.78 is 5.22. The lowest BCUT2D eigenvalue weighted by molar-refractivity contribution is 0.313. The highest BCUT2D eigenvalue weighted by molar-refractivity contribution is 5.01. The van der Waals surface area contributed by atoms with Gasteiger partial charge in [0.05, 0.1) is 6.61 Å².